The van der Waals surface area contributed by atoms with Gasteiger partial charge in [0.2, 0.25) is 17.7 Å². The summed E-state index contributed by atoms with van der Waals surface area (Å²) in [6.07, 6.45) is 3.21. The van der Waals surface area contributed by atoms with E-state index >= 15 is 0 Å². The Kier molecular flexibility index (Phi) is 14.1. The van der Waals surface area contributed by atoms with Crippen LogP contribution in [0.1, 0.15) is 37.8 Å². The molecule has 10 heteroatoms. The third kappa shape index (κ3) is 9.91. The zero-order valence-electron chi connectivity index (χ0n) is 21.6. The molecule has 2 aromatic rings. The molecule has 0 saturated carbocycles. The standard InChI is InChI=1S/C27H38N4O4S.ClH/c1-4-18(2)24(25(29)33)31(17-20-8-6-5-7-9-20)27(35)23(16-19-10-12-21(32)13-11-19)30-26(34)22(28)14-15-36-3;/h5-13,18,22-24,32H,4,14-17,28H2,1-3H3,(H2,29,33)(H,30,34);1H/t18-,22-,23-,24-;/m0./s1. The lowest BCUT2D eigenvalue weighted by molar-refractivity contribution is -0.145. The fourth-order valence-corrected chi connectivity index (χ4v) is 4.47. The molecular weight excluding hydrogens is 512 g/mol. The van der Waals surface area contributed by atoms with E-state index in [2.05, 4.69) is 5.32 Å². The van der Waals surface area contributed by atoms with Crippen molar-refractivity contribution in [3.63, 3.8) is 0 Å². The van der Waals surface area contributed by atoms with Gasteiger partial charge in [-0.3, -0.25) is 14.4 Å². The molecule has 0 aliphatic carbocycles. The first-order chi connectivity index (χ1) is 17.2. The Hall–Kier alpha value is -2.75. The van der Waals surface area contributed by atoms with Gasteiger partial charge in [0.25, 0.3) is 0 Å². The monoisotopic (exact) mass is 550 g/mol. The highest BCUT2D eigenvalue weighted by Crippen LogP contribution is 2.21. The number of rotatable bonds is 14. The molecule has 0 fully saturated rings. The Morgan fingerprint density at radius 3 is 2.22 bits per heavy atom. The van der Waals surface area contributed by atoms with Crippen LogP contribution in [0.2, 0.25) is 0 Å². The molecule has 3 amide bonds. The third-order valence-corrected chi connectivity index (χ3v) is 6.89. The summed E-state index contributed by atoms with van der Waals surface area (Å²) in [6, 6.07) is 13.2. The summed E-state index contributed by atoms with van der Waals surface area (Å²) in [5.74, 6) is -0.824. The van der Waals surface area contributed by atoms with Crippen LogP contribution in [-0.2, 0) is 27.3 Å². The molecule has 6 N–H and O–H groups in total. The molecule has 204 valence electrons. The van der Waals surface area contributed by atoms with Gasteiger partial charge in [0.1, 0.15) is 17.8 Å². The van der Waals surface area contributed by atoms with E-state index in [4.69, 9.17) is 11.5 Å². The fraction of sp³-hybridized carbons (Fsp3) is 0.444. The van der Waals surface area contributed by atoms with Gasteiger partial charge in [-0.2, -0.15) is 11.8 Å². The molecule has 0 spiro atoms. The van der Waals surface area contributed by atoms with Crippen molar-refractivity contribution in [3.05, 3.63) is 65.7 Å². The van der Waals surface area contributed by atoms with Crippen LogP contribution in [0.5, 0.6) is 5.75 Å². The third-order valence-electron chi connectivity index (χ3n) is 6.25. The van der Waals surface area contributed by atoms with Crippen molar-refractivity contribution in [2.24, 2.45) is 17.4 Å². The van der Waals surface area contributed by atoms with Gasteiger partial charge in [0, 0.05) is 13.0 Å². The predicted octanol–water partition coefficient (Wildman–Crippen LogP) is 2.85. The van der Waals surface area contributed by atoms with Crippen LogP contribution in [0.4, 0.5) is 0 Å². The van der Waals surface area contributed by atoms with E-state index in [0.29, 0.717) is 18.6 Å². The molecule has 0 radical (unpaired) electrons. The zero-order chi connectivity index (χ0) is 26.7. The minimum absolute atomic E-state index is 0. The Morgan fingerprint density at radius 1 is 1.05 bits per heavy atom. The molecule has 37 heavy (non-hydrogen) atoms. The number of hydrogen-bond acceptors (Lipinski definition) is 6. The van der Waals surface area contributed by atoms with E-state index in [9.17, 15) is 19.5 Å². The SMILES string of the molecule is CC[C@H](C)[C@@H](C(N)=O)N(Cc1ccccc1)C(=O)[C@H](Cc1ccc(O)cc1)NC(=O)[C@@H](N)CCSC.Cl. The summed E-state index contributed by atoms with van der Waals surface area (Å²) < 4.78 is 0. The molecule has 2 aromatic carbocycles. The molecule has 2 rings (SSSR count). The average Bonchev–Trinajstić information content (AvgIpc) is 2.87. The molecule has 0 unspecified atom stereocenters. The topological polar surface area (TPSA) is 139 Å². The Morgan fingerprint density at radius 2 is 1.68 bits per heavy atom. The second-order valence-electron chi connectivity index (χ2n) is 9.00. The van der Waals surface area contributed by atoms with Gasteiger partial charge in [0.15, 0.2) is 0 Å². The van der Waals surface area contributed by atoms with Gasteiger partial charge in [-0.05, 0) is 47.6 Å². The number of halogens is 1. The molecule has 0 heterocycles. The van der Waals surface area contributed by atoms with Crippen molar-refractivity contribution >= 4 is 41.9 Å². The number of carbonyl (C=O) groups is 3. The largest absolute Gasteiger partial charge is 0.508 e. The number of nitrogens with two attached hydrogens (primary N) is 2. The molecule has 4 atom stereocenters. The van der Waals surface area contributed by atoms with E-state index in [-0.39, 0.29) is 37.0 Å². The molecule has 0 bridgehead atoms. The highest BCUT2D eigenvalue weighted by Gasteiger charge is 2.36. The van der Waals surface area contributed by atoms with E-state index in [0.717, 1.165) is 11.1 Å². The van der Waals surface area contributed by atoms with Crippen LogP contribution >= 0.6 is 24.2 Å². The van der Waals surface area contributed by atoms with Crippen molar-refractivity contribution in [2.45, 2.75) is 57.8 Å². The number of nitrogens with one attached hydrogen (secondary N) is 1. The molecule has 0 aromatic heterocycles. The highest BCUT2D eigenvalue weighted by atomic mass is 35.5. The average molecular weight is 551 g/mol. The summed E-state index contributed by atoms with van der Waals surface area (Å²) in [5.41, 5.74) is 13.5. The van der Waals surface area contributed by atoms with Gasteiger partial charge in [-0.1, -0.05) is 62.7 Å². The number of phenolic OH excluding ortho intramolecular Hbond substituents is 1. The van der Waals surface area contributed by atoms with E-state index in [1.165, 1.54) is 17.0 Å². The first-order valence-corrected chi connectivity index (χ1v) is 13.5. The summed E-state index contributed by atoms with van der Waals surface area (Å²) in [7, 11) is 0. The van der Waals surface area contributed by atoms with E-state index in [1.54, 1.807) is 23.9 Å². The highest BCUT2D eigenvalue weighted by molar-refractivity contribution is 7.98. The Bertz CT molecular complexity index is 994. The van der Waals surface area contributed by atoms with Gasteiger partial charge in [-0.25, -0.2) is 0 Å². The number of nitrogens with zero attached hydrogens (tertiary/aromatic N) is 1. The summed E-state index contributed by atoms with van der Waals surface area (Å²) in [5, 5.41) is 12.5. The van der Waals surface area contributed by atoms with Crippen LogP contribution in [0.25, 0.3) is 0 Å². The normalized spacial score (nSPS) is 13.9. The number of phenols is 1. The predicted molar refractivity (Wildman–Crippen MR) is 151 cm³/mol. The van der Waals surface area contributed by atoms with Crippen LogP contribution in [0, 0.1) is 5.92 Å². The Labute approximate surface area is 230 Å². The van der Waals surface area contributed by atoms with Gasteiger partial charge in [0.05, 0.1) is 6.04 Å². The minimum atomic E-state index is -0.975. The Balaban J connectivity index is 0.00000684. The lowest BCUT2D eigenvalue weighted by Gasteiger charge is -2.36. The van der Waals surface area contributed by atoms with Gasteiger partial charge in [-0.15, -0.1) is 12.4 Å². The van der Waals surface area contributed by atoms with Crippen LogP contribution in [0.15, 0.2) is 54.6 Å². The smallest absolute Gasteiger partial charge is 0.246 e. The molecular formula is C27H39ClN4O4S. The van der Waals surface area contributed by atoms with E-state index < -0.39 is 35.8 Å². The first kappa shape index (κ1) is 32.3. The molecule has 0 aliphatic heterocycles. The number of amides is 3. The number of hydrogen-bond donors (Lipinski definition) is 4. The van der Waals surface area contributed by atoms with Crippen molar-refractivity contribution < 1.29 is 19.5 Å². The minimum Gasteiger partial charge on any atom is -0.508 e. The number of aromatic hydroxyl groups is 1. The number of primary amides is 1. The summed E-state index contributed by atoms with van der Waals surface area (Å²) >= 11 is 1.59. The lowest BCUT2D eigenvalue weighted by atomic mass is 9.94. The maximum absolute atomic E-state index is 14.1. The van der Waals surface area contributed by atoms with Crippen molar-refractivity contribution in [2.75, 3.05) is 12.0 Å². The van der Waals surface area contributed by atoms with Gasteiger partial charge >= 0.3 is 0 Å². The molecule has 0 saturated heterocycles. The van der Waals surface area contributed by atoms with Crippen molar-refractivity contribution in [1.29, 1.82) is 0 Å². The molecule has 0 aliphatic rings. The number of benzene rings is 2. The first-order valence-electron chi connectivity index (χ1n) is 12.1. The fourth-order valence-electron chi connectivity index (χ4n) is 3.98. The van der Waals surface area contributed by atoms with E-state index in [1.807, 2.05) is 50.4 Å². The van der Waals surface area contributed by atoms with Crippen molar-refractivity contribution in [1.82, 2.24) is 10.2 Å². The maximum atomic E-state index is 14.1. The maximum Gasteiger partial charge on any atom is 0.246 e. The van der Waals surface area contributed by atoms with Crippen LogP contribution in [-0.4, -0.2) is 57.9 Å². The quantitative estimate of drug-likeness (QED) is 0.285. The summed E-state index contributed by atoms with van der Waals surface area (Å²) in [4.78, 5) is 41.1. The van der Waals surface area contributed by atoms with Crippen LogP contribution in [0.3, 0.4) is 0 Å². The second-order valence-corrected chi connectivity index (χ2v) is 9.99. The van der Waals surface area contributed by atoms with Crippen molar-refractivity contribution in [3.8, 4) is 5.75 Å². The number of carbonyl (C=O) groups excluding carboxylic acids is 3. The number of thioether (sulfide) groups is 1. The molecule has 8 nitrogen and oxygen atoms in total. The van der Waals surface area contributed by atoms with Gasteiger partial charge < -0.3 is 26.8 Å². The second kappa shape index (κ2) is 16.2. The summed E-state index contributed by atoms with van der Waals surface area (Å²) in [6.45, 7) is 3.98. The van der Waals surface area contributed by atoms with Crippen LogP contribution < -0.4 is 16.8 Å². The zero-order valence-corrected chi connectivity index (χ0v) is 23.3. The lowest BCUT2D eigenvalue weighted by Crippen LogP contribution is -2.58.